The first-order valence-electron chi connectivity index (χ1n) is 9.36. The first-order chi connectivity index (χ1) is 13.8. The number of aromatic nitrogens is 2. The molecule has 1 aliphatic rings. The third-order valence-corrected chi connectivity index (χ3v) is 4.71. The Kier molecular flexibility index (Phi) is 6.23. The average Bonchev–Trinajstić information content (AvgIpc) is 2.65. The van der Waals surface area contributed by atoms with E-state index in [9.17, 15) is 14.0 Å². The predicted molar refractivity (Wildman–Crippen MR) is 108 cm³/mol. The molecule has 2 aromatic rings. The SMILES string of the molecule is CC(=O)Nc1cc(Nc2nc(NC3CCCC[C@@H]3N)c(F)cc2C(N)=O)ccn1. The zero-order chi connectivity index (χ0) is 21.0. The van der Waals surface area contributed by atoms with Crippen molar-refractivity contribution in [3.63, 3.8) is 0 Å². The average molecular weight is 401 g/mol. The van der Waals surface area contributed by atoms with E-state index in [0.717, 1.165) is 31.7 Å². The highest BCUT2D eigenvalue weighted by Gasteiger charge is 2.24. The van der Waals surface area contributed by atoms with Crippen LogP contribution in [0.4, 0.5) is 27.5 Å². The summed E-state index contributed by atoms with van der Waals surface area (Å²) in [6.45, 7) is 1.36. The third kappa shape index (κ3) is 5.17. The maximum atomic E-state index is 14.6. The standard InChI is InChI=1S/C19H24FN7O2/c1-10(28)24-16-8-11(6-7-23-16)25-18-12(17(22)29)9-13(20)19(27-18)26-15-5-3-2-4-14(15)21/h6-9,14-15H,2-5,21H2,1H3,(H2,22,29)(H3,23,24,25,26,27,28)/t14-,15?/m0/s1. The van der Waals surface area contributed by atoms with E-state index >= 15 is 0 Å². The van der Waals surface area contributed by atoms with Crippen LogP contribution in [0.1, 0.15) is 43.0 Å². The van der Waals surface area contributed by atoms with E-state index in [1.165, 1.54) is 13.1 Å². The Morgan fingerprint density at radius 2 is 1.97 bits per heavy atom. The van der Waals surface area contributed by atoms with Crippen LogP contribution in [0.25, 0.3) is 0 Å². The molecule has 0 saturated heterocycles. The van der Waals surface area contributed by atoms with E-state index in [1.807, 2.05) is 0 Å². The van der Waals surface area contributed by atoms with Crippen molar-refractivity contribution in [2.45, 2.75) is 44.7 Å². The van der Waals surface area contributed by atoms with Gasteiger partial charge in [0.05, 0.1) is 5.56 Å². The lowest BCUT2D eigenvalue weighted by Gasteiger charge is -2.30. The van der Waals surface area contributed by atoms with Gasteiger partial charge in [-0.25, -0.2) is 14.4 Å². The number of carbonyl (C=O) groups is 2. The Labute approximate surface area is 167 Å². The van der Waals surface area contributed by atoms with Crippen molar-refractivity contribution >= 4 is 35.0 Å². The van der Waals surface area contributed by atoms with Crippen molar-refractivity contribution in [1.29, 1.82) is 0 Å². The van der Waals surface area contributed by atoms with Crippen LogP contribution >= 0.6 is 0 Å². The second kappa shape index (κ2) is 8.82. The maximum Gasteiger partial charge on any atom is 0.252 e. The molecule has 10 heteroatoms. The Bertz CT molecular complexity index is 921. The van der Waals surface area contributed by atoms with Gasteiger partial charge in [-0.05, 0) is 25.0 Å². The van der Waals surface area contributed by atoms with Gasteiger partial charge in [-0.3, -0.25) is 9.59 Å². The second-order valence-corrected chi connectivity index (χ2v) is 7.01. The topological polar surface area (TPSA) is 148 Å². The van der Waals surface area contributed by atoms with Gasteiger partial charge in [0.2, 0.25) is 5.91 Å². The van der Waals surface area contributed by atoms with Crippen LogP contribution < -0.4 is 27.4 Å². The monoisotopic (exact) mass is 401 g/mol. The predicted octanol–water partition coefficient (Wildman–Crippen LogP) is 2.10. The molecule has 1 unspecified atom stereocenters. The lowest BCUT2D eigenvalue weighted by molar-refractivity contribution is -0.114. The molecule has 1 saturated carbocycles. The van der Waals surface area contributed by atoms with E-state index in [1.54, 1.807) is 12.1 Å². The summed E-state index contributed by atoms with van der Waals surface area (Å²) in [5.74, 6) is -1.38. The first-order valence-corrected chi connectivity index (χ1v) is 9.36. The fourth-order valence-corrected chi connectivity index (χ4v) is 3.28. The molecule has 1 aliphatic carbocycles. The lowest BCUT2D eigenvalue weighted by Crippen LogP contribution is -2.43. The number of primary amides is 1. The first kappa shape index (κ1) is 20.5. The van der Waals surface area contributed by atoms with Crippen molar-refractivity contribution in [2.75, 3.05) is 16.0 Å². The zero-order valence-corrected chi connectivity index (χ0v) is 16.0. The fraction of sp³-hybridized carbons (Fsp3) is 0.368. The van der Waals surface area contributed by atoms with Crippen LogP contribution in [0.5, 0.6) is 0 Å². The highest BCUT2D eigenvalue weighted by molar-refractivity contribution is 5.98. The summed E-state index contributed by atoms with van der Waals surface area (Å²) in [6, 6.07) is 4.01. The van der Waals surface area contributed by atoms with E-state index in [2.05, 4.69) is 25.9 Å². The van der Waals surface area contributed by atoms with Gasteiger partial charge in [-0.2, -0.15) is 0 Å². The van der Waals surface area contributed by atoms with Gasteiger partial charge in [-0.15, -0.1) is 0 Å². The number of hydrogen-bond donors (Lipinski definition) is 5. The van der Waals surface area contributed by atoms with Crippen LogP contribution in [0, 0.1) is 5.82 Å². The largest absolute Gasteiger partial charge is 0.365 e. The molecule has 0 aliphatic heterocycles. The molecule has 0 spiro atoms. The summed E-state index contributed by atoms with van der Waals surface area (Å²) < 4.78 is 14.6. The molecule has 2 atom stereocenters. The van der Waals surface area contributed by atoms with Crippen LogP contribution in [-0.4, -0.2) is 33.9 Å². The number of nitrogens with zero attached hydrogens (tertiary/aromatic N) is 2. The number of rotatable bonds is 6. The van der Waals surface area contributed by atoms with Crippen LogP contribution in [0.2, 0.25) is 0 Å². The van der Waals surface area contributed by atoms with Crippen molar-refractivity contribution in [3.8, 4) is 0 Å². The summed E-state index contributed by atoms with van der Waals surface area (Å²) >= 11 is 0. The Hall–Kier alpha value is -3.27. The summed E-state index contributed by atoms with van der Waals surface area (Å²) in [7, 11) is 0. The second-order valence-electron chi connectivity index (χ2n) is 7.01. The molecule has 2 aromatic heterocycles. The highest BCUT2D eigenvalue weighted by Crippen LogP contribution is 2.27. The Morgan fingerprint density at radius 1 is 1.21 bits per heavy atom. The fourth-order valence-electron chi connectivity index (χ4n) is 3.28. The minimum Gasteiger partial charge on any atom is -0.365 e. The van der Waals surface area contributed by atoms with Crippen LogP contribution in [0.3, 0.4) is 0 Å². The molecule has 0 bridgehead atoms. The summed E-state index contributed by atoms with van der Waals surface area (Å²) in [6.07, 6.45) is 5.18. The number of hydrogen-bond acceptors (Lipinski definition) is 7. The van der Waals surface area contributed by atoms with Crippen molar-refractivity contribution in [3.05, 3.63) is 35.8 Å². The maximum absolute atomic E-state index is 14.6. The molecule has 9 nitrogen and oxygen atoms in total. The molecule has 2 amide bonds. The number of nitrogens with one attached hydrogen (secondary N) is 3. The van der Waals surface area contributed by atoms with E-state index in [-0.39, 0.29) is 35.2 Å². The molecule has 1 fully saturated rings. The Balaban J connectivity index is 1.90. The zero-order valence-electron chi connectivity index (χ0n) is 16.0. The number of nitrogens with two attached hydrogens (primary N) is 2. The molecule has 3 rings (SSSR count). The normalized spacial score (nSPS) is 18.7. The van der Waals surface area contributed by atoms with Gasteiger partial charge in [0.25, 0.3) is 5.91 Å². The van der Waals surface area contributed by atoms with Gasteiger partial charge in [0.15, 0.2) is 11.6 Å². The summed E-state index contributed by atoms with van der Waals surface area (Å²) in [5.41, 5.74) is 11.9. The lowest BCUT2D eigenvalue weighted by atomic mass is 9.91. The van der Waals surface area contributed by atoms with Crippen molar-refractivity contribution in [2.24, 2.45) is 11.5 Å². The van der Waals surface area contributed by atoms with Gasteiger partial charge >= 0.3 is 0 Å². The molecule has 0 aromatic carbocycles. The molecule has 7 N–H and O–H groups in total. The minimum atomic E-state index is -0.823. The molecular formula is C19H24FN7O2. The van der Waals surface area contributed by atoms with Gasteiger partial charge < -0.3 is 27.4 Å². The number of anilines is 4. The van der Waals surface area contributed by atoms with E-state index in [0.29, 0.717) is 11.5 Å². The van der Waals surface area contributed by atoms with Gasteiger partial charge in [-0.1, -0.05) is 12.8 Å². The number of halogens is 1. The number of carbonyl (C=O) groups excluding carboxylic acids is 2. The van der Waals surface area contributed by atoms with Gasteiger partial charge in [0.1, 0.15) is 11.6 Å². The van der Waals surface area contributed by atoms with Crippen LogP contribution in [0.15, 0.2) is 24.4 Å². The summed E-state index contributed by atoms with van der Waals surface area (Å²) in [4.78, 5) is 31.3. The van der Waals surface area contributed by atoms with E-state index in [4.69, 9.17) is 11.5 Å². The quantitative estimate of drug-likeness (QED) is 0.498. The molecule has 2 heterocycles. The third-order valence-electron chi connectivity index (χ3n) is 4.71. The highest BCUT2D eigenvalue weighted by atomic mass is 19.1. The van der Waals surface area contributed by atoms with Gasteiger partial charge in [0, 0.05) is 37.0 Å². The smallest absolute Gasteiger partial charge is 0.252 e. The molecule has 29 heavy (non-hydrogen) atoms. The molecule has 0 radical (unpaired) electrons. The van der Waals surface area contributed by atoms with Crippen LogP contribution in [-0.2, 0) is 4.79 Å². The van der Waals surface area contributed by atoms with E-state index < -0.39 is 11.7 Å². The number of amides is 2. The minimum absolute atomic E-state index is 0.00371. The molecule has 154 valence electrons. The Morgan fingerprint density at radius 3 is 2.66 bits per heavy atom. The van der Waals surface area contributed by atoms with Crippen molar-refractivity contribution in [1.82, 2.24) is 9.97 Å². The number of pyridine rings is 2. The summed E-state index contributed by atoms with van der Waals surface area (Å²) in [5, 5.41) is 8.56. The molecular weight excluding hydrogens is 377 g/mol. The van der Waals surface area contributed by atoms with Crippen molar-refractivity contribution < 1.29 is 14.0 Å².